The summed E-state index contributed by atoms with van der Waals surface area (Å²) in [5, 5.41) is 2.83. The van der Waals surface area contributed by atoms with Crippen molar-refractivity contribution in [2.24, 2.45) is 11.7 Å². The molecule has 0 atom stereocenters. The number of carbonyl (C=O) groups is 2. The van der Waals surface area contributed by atoms with Crippen LogP contribution in [0.25, 0.3) is 0 Å². The summed E-state index contributed by atoms with van der Waals surface area (Å²) >= 11 is 0. The fourth-order valence-electron chi connectivity index (χ4n) is 2.11. The van der Waals surface area contributed by atoms with Crippen LogP contribution in [0, 0.1) is 5.92 Å². The van der Waals surface area contributed by atoms with E-state index in [4.69, 9.17) is 10.5 Å². The Morgan fingerprint density at radius 1 is 1.08 bits per heavy atom. The molecule has 0 radical (unpaired) electrons. The van der Waals surface area contributed by atoms with Gasteiger partial charge in [-0.3, -0.25) is 9.59 Å². The van der Waals surface area contributed by atoms with Crippen LogP contribution in [0.1, 0.15) is 40.1 Å². The maximum atomic E-state index is 12.3. The number of benzene rings is 2. The van der Waals surface area contributed by atoms with Gasteiger partial charge in [0.25, 0.3) is 5.91 Å². The molecule has 0 aliphatic carbocycles. The van der Waals surface area contributed by atoms with Gasteiger partial charge in [-0.05, 0) is 41.8 Å². The van der Waals surface area contributed by atoms with Gasteiger partial charge < -0.3 is 15.8 Å². The normalized spacial score (nSPS) is 10.5. The van der Waals surface area contributed by atoms with E-state index in [1.165, 1.54) is 0 Å². The summed E-state index contributed by atoms with van der Waals surface area (Å²) in [4.78, 5) is 23.4. The third-order valence-corrected chi connectivity index (χ3v) is 3.34. The fourth-order valence-corrected chi connectivity index (χ4v) is 2.11. The number of amides is 2. The van der Waals surface area contributed by atoms with E-state index >= 15 is 0 Å². The van der Waals surface area contributed by atoms with E-state index < -0.39 is 5.91 Å². The second-order valence-electron chi connectivity index (χ2n) is 5.98. The van der Waals surface area contributed by atoms with Gasteiger partial charge in [0.2, 0.25) is 5.91 Å². The minimum atomic E-state index is -0.488. The highest BCUT2D eigenvalue weighted by Gasteiger charge is 2.08. The number of rotatable bonds is 7. The van der Waals surface area contributed by atoms with E-state index in [1.54, 1.807) is 36.4 Å². The van der Waals surface area contributed by atoms with Crippen molar-refractivity contribution in [2.45, 2.75) is 20.4 Å². The Balaban J connectivity index is 1.98. The van der Waals surface area contributed by atoms with E-state index in [2.05, 4.69) is 19.2 Å². The molecule has 0 spiro atoms. The van der Waals surface area contributed by atoms with Crippen LogP contribution in [0.5, 0.6) is 5.75 Å². The average molecular weight is 326 g/mol. The monoisotopic (exact) mass is 326 g/mol. The highest BCUT2D eigenvalue weighted by Crippen LogP contribution is 2.14. The first-order valence-electron chi connectivity index (χ1n) is 7.85. The Kier molecular flexibility index (Phi) is 5.95. The third-order valence-electron chi connectivity index (χ3n) is 3.34. The van der Waals surface area contributed by atoms with Crippen LogP contribution in [0.15, 0.2) is 48.5 Å². The first-order chi connectivity index (χ1) is 11.5. The summed E-state index contributed by atoms with van der Waals surface area (Å²) in [5.74, 6) is 0.403. The van der Waals surface area contributed by atoms with E-state index in [0.717, 1.165) is 5.56 Å². The third kappa shape index (κ3) is 5.12. The largest absolute Gasteiger partial charge is 0.493 e. The van der Waals surface area contributed by atoms with Crippen LogP contribution in [0.4, 0.5) is 0 Å². The van der Waals surface area contributed by atoms with Gasteiger partial charge in [0.1, 0.15) is 5.75 Å². The molecule has 0 unspecified atom stereocenters. The molecule has 0 bridgehead atoms. The highest BCUT2D eigenvalue weighted by molar-refractivity contribution is 5.95. The molecular weight excluding hydrogens is 304 g/mol. The molecule has 0 fully saturated rings. The Hall–Kier alpha value is -2.82. The van der Waals surface area contributed by atoms with Gasteiger partial charge in [-0.15, -0.1) is 0 Å². The van der Waals surface area contributed by atoms with Crippen molar-refractivity contribution in [2.75, 3.05) is 6.61 Å². The lowest BCUT2D eigenvalue weighted by molar-refractivity contribution is 0.0949. The molecular formula is C19H22N2O3. The number of primary amides is 1. The number of nitrogens with one attached hydrogen (secondary N) is 1. The average Bonchev–Trinajstić information content (AvgIpc) is 2.58. The molecule has 126 valence electrons. The van der Waals surface area contributed by atoms with Crippen molar-refractivity contribution in [1.29, 1.82) is 0 Å². The smallest absolute Gasteiger partial charge is 0.251 e. The summed E-state index contributed by atoms with van der Waals surface area (Å²) < 4.78 is 5.63. The Labute approximate surface area is 141 Å². The minimum absolute atomic E-state index is 0.200. The lowest BCUT2D eigenvalue weighted by Gasteiger charge is -2.10. The Bertz CT molecular complexity index is 726. The molecule has 2 aromatic carbocycles. The summed E-state index contributed by atoms with van der Waals surface area (Å²) in [6, 6.07) is 14.0. The molecule has 2 rings (SSSR count). The molecule has 5 nitrogen and oxygen atoms in total. The summed E-state index contributed by atoms with van der Waals surface area (Å²) in [5.41, 5.74) is 7.02. The van der Waals surface area contributed by atoms with Crippen LogP contribution < -0.4 is 15.8 Å². The molecule has 5 heteroatoms. The minimum Gasteiger partial charge on any atom is -0.493 e. The predicted molar refractivity (Wildman–Crippen MR) is 92.9 cm³/mol. The molecule has 0 aromatic heterocycles. The van der Waals surface area contributed by atoms with Crippen molar-refractivity contribution in [3.8, 4) is 5.75 Å². The molecule has 0 saturated carbocycles. The van der Waals surface area contributed by atoms with Crippen molar-refractivity contribution in [1.82, 2.24) is 5.32 Å². The SMILES string of the molecule is CC(C)COc1cccc(C(=O)NCc2cccc(C(N)=O)c2)c1. The van der Waals surface area contributed by atoms with E-state index in [9.17, 15) is 9.59 Å². The topological polar surface area (TPSA) is 81.4 Å². The number of hydrogen-bond acceptors (Lipinski definition) is 3. The number of nitrogens with two attached hydrogens (primary N) is 1. The zero-order valence-corrected chi connectivity index (χ0v) is 13.9. The van der Waals surface area contributed by atoms with Crippen LogP contribution in [-0.4, -0.2) is 18.4 Å². The van der Waals surface area contributed by atoms with Crippen molar-refractivity contribution >= 4 is 11.8 Å². The van der Waals surface area contributed by atoms with E-state index in [0.29, 0.717) is 35.9 Å². The summed E-state index contributed by atoms with van der Waals surface area (Å²) in [6.07, 6.45) is 0. The molecule has 2 aromatic rings. The number of carbonyl (C=O) groups excluding carboxylic acids is 2. The summed E-state index contributed by atoms with van der Waals surface area (Å²) in [7, 11) is 0. The standard InChI is InChI=1S/C19H22N2O3/c1-13(2)12-24-17-8-4-7-16(10-17)19(23)21-11-14-5-3-6-15(9-14)18(20)22/h3-10,13H,11-12H2,1-2H3,(H2,20,22)(H,21,23). The molecule has 0 aliphatic heterocycles. The zero-order valence-electron chi connectivity index (χ0n) is 13.9. The first kappa shape index (κ1) is 17.5. The fraction of sp³-hybridized carbons (Fsp3) is 0.263. The van der Waals surface area contributed by atoms with Gasteiger partial charge in [-0.1, -0.05) is 32.0 Å². The molecule has 3 N–H and O–H groups in total. The number of ether oxygens (including phenoxy) is 1. The van der Waals surface area contributed by atoms with Crippen molar-refractivity contribution in [3.05, 3.63) is 65.2 Å². The van der Waals surface area contributed by atoms with Gasteiger partial charge in [-0.2, -0.15) is 0 Å². The Morgan fingerprint density at radius 2 is 1.79 bits per heavy atom. The van der Waals surface area contributed by atoms with Gasteiger partial charge >= 0.3 is 0 Å². The van der Waals surface area contributed by atoms with Gasteiger partial charge in [-0.25, -0.2) is 0 Å². The predicted octanol–water partition coefficient (Wildman–Crippen LogP) is 2.75. The first-order valence-corrected chi connectivity index (χ1v) is 7.85. The van der Waals surface area contributed by atoms with Crippen LogP contribution in [-0.2, 0) is 6.54 Å². The van der Waals surface area contributed by atoms with Crippen LogP contribution in [0.2, 0.25) is 0 Å². The van der Waals surface area contributed by atoms with Gasteiger partial charge in [0, 0.05) is 17.7 Å². The number of hydrogen-bond donors (Lipinski definition) is 2. The second kappa shape index (κ2) is 8.15. The lowest BCUT2D eigenvalue weighted by Crippen LogP contribution is -2.23. The van der Waals surface area contributed by atoms with Crippen LogP contribution >= 0.6 is 0 Å². The second-order valence-corrected chi connectivity index (χ2v) is 5.98. The molecule has 2 amide bonds. The van der Waals surface area contributed by atoms with Gasteiger partial charge in [0.15, 0.2) is 0 Å². The molecule has 0 saturated heterocycles. The molecule has 0 aliphatic rings. The molecule has 0 heterocycles. The lowest BCUT2D eigenvalue weighted by atomic mass is 10.1. The van der Waals surface area contributed by atoms with Crippen molar-refractivity contribution < 1.29 is 14.3 Å². The van der Waals surface area contributed by atoms with E-state index in [-0.39, 0.29) is 5.91 Å². The molecule has 24 heavy (non-hydrogen) atoms. The highest BCUT2D eigenvalue weighted by atomic mass is 16.5. The van der Waals surface area contributed by atoms with E-state index in [1.807, 2.05) is 12.1 Å². The quantitative estimate of drug-likeness (QED) is 0.821. The van der Waals surface area contributed by atoms with Crippen LogP contribution in [0.3, 0.4) is 0 Å². The Morgan fingerprint density at radius 3 is 2.50 bits per heavy atom. The van der Waals surface area contributed by atoms with Gasteiger partial charge in [0.05, 0.1) is 6.61 Å². The maximum Gasteiger partial charge on any atom is 0.251 e. The maximum absolute atomic E-state index is 12.3. The van der Waals surface area contributed by atoms with Crippen molar-refractivity contribution in [3.63, 3.8) is 0 Å². The summed E-state index contributed by atoms with van der Waals surface area (Å²) in [6.45, 7) is 5.05. The zero-order chi connectivity index (χ0) is 17.5.